The second-order valence-electron chi connectivity index (χ2n) is 6.43. The summed E-state index contributed by atoms with van der Waals surface area (Å²) in [6, 6.07) is 9.81. The van der Waals surface area contributed by atoms with Crippen LogP contribution < -0.4 is 20.3 Å². The van der Waals surface area contributed by atoms with Crippen LogP contribution >= 0.6 is 11.3 Å². The minimum Gasteiger partial charge on any atom is -0.360 e. The summed E-state index contributed by atoms with van der Waals surface area (Å²) in [6.45, 7) is 3.49. The van der Waals surface area contributed by atoms with Crippen LogP contribution in [0.2, 0.25) is 0 Å². The minimum atomic E-state index is -3.70. The predicted octanol–water partition coefficient (Wildman–Crippen LogP) is 0.668. The molecule has 1 aliphatic rings. The van der Waals surface area contributed by atoms with Gasteiger partial charge in [0.1, 0.15) is 4.21 Å². The van der Waals surface area contributed by atoms with Crippen LogP contribution in [0.3, 0.4) is 0 Å². The molecular formula is C18H22N4O4S2. The molecule has 1 fully saturated rings. The Balaban J connectivity index is 1.52. The summed E-state index contributed by atoms with van der Waals surface area (Å²) in [5, 5.41) is 7.18. The Kier molecular flexibility index (Phi) is 6.32. The lowest BCUT2D eigenvalue weighted by Gasteiger charge is -2.28. The number of nitrogens with one attached hydrogen (secondary N) is 3. The Hall–Kier alpha value is -2.43. The number of carbonyl (C=O) groups excluding carboxylic acids is 2. The number of thiophene rings is 1. The van der Waals surface area contributed by atoms with E-state index >= 15 is 0 Å². The number of nitrogens with zero attached hydrogens (tertiary/aromatic N) is 1. The lowest BCUT2D eigenvalue weighted by Crippen LogP contribution is -2.47. The summed E-state index contributed by atoms with van der Waals surface area (Å²) in [5.41, 5.74) is 1.83. The fraction of sp³-hybridized carbons (Fsp3) is 0.333. The van der Waals surface area contributed by atoms with Crippen LogP contribution in [-0.2, 0) is 26.2 Å². The van der Waals surface area contributed by atoms with E-state index in [0.29, 0.717) is 13.1 Å². The van der Waals surface area contributed by atoms with Gasteiger partial charge in [0.05, 0.1) is 12.6 Å². The van der Waals surface area contributed by atoms with E-state index in [1.54, 1.807) is 11.4 Å². The summed E-state index contributed by atoms with van der Waals surface area (Å²) in [4.78, 5) is 25.7. The molecular weight excluding hydrogens is 400 g/mol. The average Bonchev–Trinajstić information content (AvgIpc) is 3.22. The van der Waals surface area contributed by atoms with Crippen LogP contribution in [0, 0.1) is 0 Å². The van der Waals surface area contributed by atoms with Crippen molar-refractivity contribution in [2.75, 3.05) is 24.5 Å². The zero-order valence-corrected chi connectivity index (χ0v) is 17.0. The van der Waals surface area contributed by atoms with Crippen molar-refractivity contribution >= 4 is 38.9 Å². The first kappa shape index (κ1) is 20.3. The van der Waals surface area contributed by atoms with Crippen molar-refractivity contribution in [2.45, 2.75) is 23.7 Å². The van der Waals surface area contributed by atoms with Crippen molar-refractivity contribution in [3.05, 3.63) is 47.3 Å². The third-order valence-corrected chi connectivity index (χ3v) is 7.23. The molecule has 0 radical (unpaired) electrons. The molecule has 0 bridgehead atoms. The van der Waals surface area contributed by atoms with Gasteiger partial charge in [0, 0.05) is 25.3 Å². The average molecular weight is 423 g/mol. The SMILES string of the molecule is CC(NS(=O)(=O)c1cccs1)C(=O)NCc1ccc(N2CCNC(=O)C2)cc1. The Morgan fingerprint density at radius 1 is 1.29 bits per heavy atom. The van der Waals surface area contributed by atoms with Crippen LogP contribution in [-0.4, -0.2) is 45.9 Å². The first-order valence-electron chi connectivity index (χ1n) is 8.79. The zero-order valence-electron chi connectivity index (χ0n) is 15.3. The van der Waals surface area contributed by atoms with Crippen LogP contribution in [0.5, 0.6) is 0 Å². The fourth-order valence-electron chi connectivity index (χ4n) is 2.79. The molecule has 1 unspecified atom stereocenters. The van der Waals surface area contributed by atoms with Crippen molar-refractivity contribution in [3.8, 4) is 0 Å². The molecule has 8 nitrogen and oxygen atoms in total. The summed E-state index contributed by atoms with van der Waals surface area (Å²) in [6.07, 6.45) is 0. The lowest BCUT2D eigenvalue weighted by atomic mass is 10.1. The molecule has 0 aliphatic carbocycles. The van der Waals surface area contributed by atoms with E-state index in [4.69, 9.17) is 0 Å². The number of amides is 2. The number of hydrogen-bond acceptors (Lipinski definition) is 6. The summed E-state index contributed by atoms with van der Waals surface area (Å²) >= 11 is 1.10. The van der Waals surface area contributed by atoms with Gasteiger partial charge >= 0.3 is 0 Å². The Labute approximate surface area is 168 Å². The fourth-order valence-corrected chi connectivity index (χ4v) is 5.00. The molecule has 2 heterocycles. The molecule has 3 rings (SSSR count). The van der Waals surface area contributed by atoms with Crippen molar-refractivity contribution in [2.24, 2.45) is 0 Å². The molecule has 10 heteroatoms. The highest BCUT2D eigenvalue weighted by Crippen LogP contribution is 2.17. The first-order chi connectivity index (χ1) is 13.3. The highest BCUT2D eigenvalue weighted by Gasteiger charge is 2.22. The summed E-state index contributed by atoms with van der Waals surface area (Å²) in [7, 11) is -3.70. The number of rotatable bonds is 7. The smallest absolute Gasteiger partial charge is 0.250 e. The first-order valence-corrected chi connectivity index (χ1v) is 11.2. The molecule has 0 saturated carbocycles. The van der Waals surface area contributed by atoms with Gasteiger partial charge in [-0.3, -0.25) is 9.59 Å². The molecule has 1 aliphatic heterocycles. The summed E-state index contributed by atoms with van der Waals surface area (Å²) < 4.78 is 26.9. The van der Waals surface area contributed by atoms with Crippen molar-refractivity contribution in [1.82, 2.24) is 15.4 Å². The minimum absolute atomic E-state index is 0.00146. The molecule has 3 N–H and O–H groups in total. The van der Waals surface area contributed by atoms with E-state index in [-0.39, 0.29) is 16.7 Å². The molecule has 28 heavy (non-hydrogen) atoms. The maximum absolute atomic E-state index is 12.2. The molecule has 150 valence electrons. The number of sulfonamides is 1. The molecule has 2 amide bonds. The van der Waals surface area contributed by atoms with Gasteiger partial charge in [-0.15, -0.1) is 11.3 Å². The van der Waals surface area contributed by atoms with E-state index in [0.717, 1.165) is 29.1 Å². The predicted molar refractivity (Wildman–Crippen MR) is 108 cm³/mol. The van der Waals surface area contributed by atoms with Gasteiger partial charge in [-0.25, -0.2) is 8.42 Å². The second kappa shape index (κ2) is 8.72. The topological polar surface area (TPSA) is 108 Å². The lowest BCUT2D eigenvalue weighted by molar-refractivity contribution is -0.122. The summed E-state index contributed by atoms with van der Waals surface area (Å²) in [5.74, 6) is -0.404. The van der Waals surface area contributed by atoms with Gasteiger partial charge < -0.3 is 15.5 Å². The molecule has 1 aromatic heterocycles. The van der Waals surface area contributed by atoms with Gasteiger partial charge in [0.2, 0.25) is 11.8 Å². The van der Waals surface area contributed by atoms with Gasteiger partial charge in [-0.1, -0.05) is 18.2 Å². The van der Waals surface area contributed by atoms with Crippen molar-refractivity contribution < 1.29 is 18.0 Å². The van der Waals surface area contributed by atoms with Crippen LogP contribution in [0.4, 0.5) is 5.69 Å². The third kappa shape index (κ3) is 5.09. The van der Waals surface area contributed by atoms with Crippen LogP contribution in [0.15, 0.2) is 46.0 Å². The largest absolute Gasteiger partial charge is 0.360 e. The number of hydrogen-bond donors (Lipinski definition) is 3. The van der Waals surface area contributed by atoms with Crippen LogP contribution in [0.1, 0.15) is 12.5 Å². The van der Waals surface area contributed by atoms with E-state index in [9.17, 15) is 18.0 Å². The van der Waals surface area contributed by atoms with E-state index < -0.39 is 22.0 Å². The Morgan fingerprint density at radius 2 is 2.04 bits per heavy atom. The van der Waals surface area contributed by atoms with E-state index in [1.807, 2.05) is 29.2 Å². The number of benzene rings is 1. The van der Waals surface area contributed by atoms with E-state index in [1.165, 1.54) is 13.0 Å². The molecule has 1 aromatic carbocycles. The monoisotopic (exact) mass is 422 g/mol. The van der Waals surface area contributed by atoms with Gasteiger partial charge in [0.15, 0.2) is 0 Å². The molecule has 2 aromatic rings. The molecule has 1 atom stereocenters. The van der Waals surface area contributed by atoms with Crippen molar-refractivity contribution in [3.63, 3.8) is 0 Å². The Morgan fingerprint density at radius 3 is 2.68 bits per heavy atom. The van der Waals surface area contributed by atoms with Gasteiger partial charge in [-0.2, -0.15) is 4.72 Å². The molecule has 1 saturated heterocycles. The van der Waals surface area contributed by atoms with Gasteiger partial charge in [0.25, 0.3) is 10.0 Å². The molecule has 0 spiro atoms. The highest BCUT2D eigenvalue weighted by atomic mass is 32.2. The standard InChI is InChI=1S/C18H22N4O4S2/c1-13(21-28(25,26)17-3-2-10-27-17)18(24)20-11-14-4-6-15(7-5-14)22-9-8-19-16(23)12-22/h2-7,10,13,21H,8-9,11-12H2,1H3,(H,19,23)(H,20,24). The number of anilines is 1. The van der Waals surface area contributed by atoms with Gasteiger partial charge in [-0.05, 0) is 36.1 Å². The third-order valence-electron chi connectivity index (χ3n) is 4.29. The zero-order chi connectivity index (χ0) is 20.1. The second-order valence-corrected chi connectivity index (χ2v) is 9.32. The normalized spacial score (nSPS) is 15.8. The van der Waals surface area contributed by atoms with E-state index in [2.05, 4.69) is 15.4 Å². The maximum atomic E-state index is 12.2. The van der Waals surface area contributed by atoms with Crippen LogP contribution in [0.25, 0.3) is 0 Å². The highest BCUT2D eigenvalue weighted by molar-refractivity contribution is 7.91. The Bertz CT molecular complexity index is 927. The van der Waals surface area contributed by atoms with Crippen molar-refractivity contribution in [1.29, 1.82) is 0 Å². The number of carbonyl (C=O) groups is 2. The maximum Gasteiger partial charge on any atom is 0.250 e. The quantitative estimate of drug-likeness (QED) is 0.608. The number of piperazine rings is 1.